The van der Waals surface area contributed by atoms with E-state index in [0.29, 0.717) is 36.2 Å². The van der Waals surface area contributed by atoms with E-state index in [1.807, 2.05) is 31.2 Å². The molecular weight excluding hydrogens is 432 g/mol. The molecule has 1 aromatic carbocycles. The summed E-state index contributed by atoms with van der Waals surface area (Å²) in [6, 6.07) is 7.23. The maximum Gasteiger partial charge on any atom is 0.338 e. The molecule has 8 nitrogen and oxygen atoms in total. The van der Waals surface area contributed by atoms with E-state index < -0.39 is 12.0 Å². The minimum Gasteiger partial charge on any atom is -0.494 e. The third-order valence-electron chi connectivity index (χ3n) is 7.02. The Morgan fingerprint density at radius 3 is 2.47 bits per heavy atom. The first-order chi connectivity index (χ1) is 16.6. The first kappa shape index (κ1) is 24.5. The Kier molecular flexibility index (Phi) is 8.45. The quantitative estimate of drug-likeness (QED) is 0.568. The van der Waals surface area contributed by atoms with Gasteiger partial charge in [-0.05, 0) is 58.7 Å². The molecule has 8 heteroatoms. The number of rotatable bonds is 8. The molecule has 0 saturated carbocycles. The predicted molar refractivity (Wildman–Crippen MR) is 131 cm³/mol. The average molecular weight is 471 g/mol. The topological polar surface area (TPSA) is 83.1 Å². The van der Waals surface area contributed by atoms with E-state index >= 15 is 0 Å². The van der Waals surface area contributed by atoms with Crippen molar-refractivity contribution in [2.45, 2.75) is 58.0 Å². The van der Waals surface area contributed by atoms with Gasteiger partial charge in [-0.15, -0.1) is 0 Å². The Morgan fingerprint density at radius 1 is 1.03 bits per heavy atom. The Morgan fingerprint density at radius 2 is 1.76 bits per heavy atom. The van der Waals surface area contributed by atoms with E-state index in [1.165, 1.54) is 32.4 Å². The largest absolute Gasteiger partial charge is 0.494 e. The first-order valence-electron chi connectivity index (χ1n) is 12.8. The first-order valence-corrected chi connectivity index (χ1v) is 12.8. The third kappa shape index (κ3) is 5.73. The Hall–Kier alpha value is -2.58. The van der Waals surface area contributed by atoms with Crippen molar-refractivity contribution in [1.29, 1.82) is 0 Å². The van der Waals surface area contributed by atoms with Crippen LogP contribution < -0.4 is 15.4 Å². The minimum atomic E-state index is -0.628. The maximum atomic E-state index is 13.1. The van der Waals surface area contributed by atoms with Crippen molar-refractivity contribution in [3.63, 3.8) is 0 Å². The molecule has 2 amide bonds. The third-order valence-corrected chi connectivity index (χ3v) is 7.02. The second-order valence-electron chi connectivity index (χ2n) is 9.22. The lowest BCUT2D eigenvalue weighted by Crippen LogP contribution is -2.51. The van der Waals surface area contributed by atoms with Crippen molar-refractivity contribution in [1.82, 2.24) is 20.4 Å². The summed E-state index contributed by atoms with van der Waals surface area (Å²) in [6.45, 7) is 9.31. The normalized spacial score (nSPS) is 22.8. The summed E-state index contributed by atoms with van der Waals surface area (Å²) in [7, 11) is 0. The summed E-state index contributed by atoms with van der Waals surface area (Å²) in [4.78, 5) is 30.8. The second-order valence-corrected chi connectivity index (χ2v) is 9.22. The van der Waals surface area contributed by atoms with E-state index in [-0.39, 0.29) is 12.6 Å². The highest BCUT2D eigenvalue weighted by molar-refractivity contribution is 5.95. The molecule has 1 atom stereocenters. The van der Waals surface area contributed by atoms with Gasteiger partial charge in [0.25, 0.3) is 0 Å². The summed E-state index contributed by atoms with van der Waals surface area (Å²) in [5.41, 5.74) is 1.82. The summed E-state index contributed by atoms with van der Waals surface area (Å²) in [6.07, 6.45) is 6.19. The number of likely N-dealkylation sites (tertiary alicyclic amines) is 2. The van der Waals surface area contributed by atoms with Gasteiger partial charge < -0.3 is 25.0 Å². The van der Waals surface area contributed by atoms with Crippen LogP contribution in [-0.2, 0) is 9.53 Å². The molecule has 2 N–H and O–H groups in total. The van der Waals surface area contributed by atoms with Gasteiger partial charge in [-0.2, -0.15) is 0 Å². The molecule has 0 aliphatic carbocycles. The van der Waals surface area contributed by atoms with Gasteiger partial charge in [-0.3, -0.25) is 4.90 Å². The van der Waals surface area contributed by atoms with Gasteiger partial charge in [0.05, 0.1) is 24.8 Å². The van der Waals surface area contributed by atoms with Crippen molar-refractivity contribution >= 4 is 12.0 Å². The highest BCUT2D eigenvalue weighted by atomic mass is 16.5. The molecular formula is C26H38N4O4. The summed E-state index contributed by atoms with van der Waals surface area (Å²) in [5, 5.41) is 5.84. The number of nitrogens with one attached hydrogen (secondary N) is 2. The van der Waals surface area contributed by atoms with Crippen LogP contribution in [0.4, 0.5) is 4.79 Å². The molecule has 0 radical (unpaired) electrons. The van der Waals surface area contributed by atoms with Crippen molar-refractivity contribution in [2.75, 3.05) is 45.9 Å². The number of nitrogens with zero attached hydrogens (tertiary/aromatic N) is 2. The van der Waals surface area contributed by atoms with Crippen LogP contribution in [0.25, 0.3) is 0 Å². The number of urea groups is 1. The zero-order valence-corrected chi connectivity index (χ0v) is 20.5. The highest BCUT2D eigenvalue weighted by Gasteiger charge is 2.36. The smallest absolute Gasteiger partial charge is 0.338 e. The lowest BCUT2D eigenvalue weighted by molar-refractivity contribution is -0.139. The predicted octanol–water partition coefficient (Wildman–Crippen LogP) is 3.21. The lowest BCUT2D eigenvalue weighted by Gasteiger charge is -2.41. The molecule has 0 spiro atoms. The molecule has 1 aromatic rings. The van der Waals surface area contributed by atoms with Crippen LogP contribution in [0.3, 0.4) is 0 Å². The molecule has 3 aliphatic rings. The lowest BCUT2D eigenvalue weighted by atomic mass is 9.93. The van der Waals surface area contributed by atoms with Crippen LogP contribution in [0.1, 0.15) is 57.6 Å². The van der Waals surface area contributed by atoms with E-state index in [0.717, 1.165) is 31.5 Å². The maximum absolute atomic E-state index is 13.1. The standard InChI is InChI=1S/C26H38N4O4/c1-3-33-22-11-7-6-10-20(22)24-23(25(31)34-4-2)21(27-26(32)28-24)18-29-16-12-19(13-17-29)30-14-8-5-9-15-30/h6-7,10-11,19,24H,3-5,8-9,12-18H2,1-2H3,(H2,27,28,32). The van der Waals surface area contributed by atoms with Crippen molar-refractivity contribution in [2.24, 2.45) is 0 Å². The SMILES string of the molecule is CCOC(=O)C1=C(CN2CCC(N3CCCCC3)CC2)NC(=O)NC1c1ccccc1OCC. The van der Waals surface area contributed by atoms with Gasteiger partial charge in [-0.25, -0.2) is 9.59 Å². The number of esters is 1. The number of carbonyl (C=O) groups is 2. The van der Waals surface area contributed by atoms with Gasteiger partial charge in [0, 0.05) is 36.9 Å². The molecule has 3 heterocycles. The van der Waals surface area contributed by atoms with Crippen molar-refractivity contribution < 1.29 is 19.1 Å². The highest BCUT2D eigenvalue weighted by Crippen LogP contribution is 2.34. The Labute approximate surface area is 202 Å². The van der Waals surface area contributed by atoms with Crippen LogP contribution >= 0.6 is 0 Å². The van der Waals surface area contributed by atoms with E-state index in [1.54, 1.807) is 6.92 Å². The zero-order valence-electron chi connectivity index (χ0n) is 20.5. The number of piperidine rings is 2. The van der Waals surface area contributed by atoms with Crippen molar-refractivity contribution in [3.8, 4) is 5.75 Å². The molecule has 4 rings (SSSR count). The molecule has 0 bridgehead atoms. The van der Waals surface area contributed by atoms with Gasteiger partial charge in [0.2, 0.25) is 0 Å². The molecule has 186 valence electrons. The summed E-state index contributed by atoms with van der Waals surface area (Å²) in [5.74, 6) is 0.241. The minimum absolute atomic E-state index is 0.268. The van der Waals surface area contributed by atoms with Gasteiger partial charge in [0.1, 0.15) is 5.75 Å². The van der Waals surface area contributed by atoms with Gasteiger partial charge in [-0.1, -0.05) is 24.6 Å². The summed E-state index contributed by atoms with van der Waals surface area (Å²) < 4.78 is 11.2. The number of carbonyl (C=O) groups excluding carboxylic acids is 2. The number of hydrogen-bond acceptors (Lipinski definition) is 6. The molecule has 0 aromatic heterocycles. The molecule has 3 aliphatic heterocycles. The molecule has 2 saturated heterocycles. The van der Waals surface area contributed by atoms with Crippen LogP contribution in [0.5, 0.6) is 5.75 Å². The van der Waals surface area contributed by atoms with Gasteiger partial charge in [0.15, 0.2) is 0 Å². The number of hydrogen-bond donors (Lipinski definition) is 2. The van der Waals surface area contributed by atoms with Crippen molar-refractivity contribution in [3.05, 3.63) is 41.1 Å². The van der Waals surface area contributed by atoms with E-state index in [2.05, 4.69) is 20.4 Å². The molecule has 1 unspecified atom stereocenters. The van der Waals surface area contributed by atoms with Crippen LogP contribution in [0.2, 0.25) is 0 Å². The fraction of sp³-hybridized carbons (Fsp3) is 0.615. The second kappa shape index (κ2) is 11.7. The average Bonchev–Trinajstić information content (AvgIpc) is 2.85. The molecule has 34 heavy (non-hydrogen) atoms. The van der Waals surface area contributed by atoms with E-state index in [4.69, 9.17) is 9.47 Å². The Bertz CT molecular complexity index is 889. The zero-order chi connectivity index (χ0) is 23.9. The number of amides is 2. The fourth-order valence-electron chi connectivity index (χ4n) is 5.38. The molecule has 2 fully saturated rings. The van der Waals surface area contributed by atoms with Gasteiger partial charge >= 0.3 is 12.0 Å². The monoisotopic (exact) mass is 470 g/mol. The van der Waals surface area contributed by atoms with E-state index in [9.17, 15) is 9.59 Å². The summed E-state index contributed by atoms with van der Waals surface area (Å²) >= 11 is 0. The number of para-hydroxylation sites is 1. The Balaban J connectivity index is 1.56. The van der Waals surface area contributed by atoms with Crippen LogP contribution in [0.15, 0.2) is 35.5 Å². The van der Waals surface area contributed by atoms with Crippen LogP contribution in [-0.4, -0.2) is 73.8 Å². The number of benzene rings is 1. The fourth-order valence-corrected chi connectivity index (χ4v) is 5.38. The van der Waals surface area contributed by atoms with Crippen LogP contribution in [0, 0.1) is 0 Å². The number of ether oxygens (including phenoxy) is 2.